The summed E-state index contributed by atoms with van der Waals surface area (Å²) < 4.78 is 0. The van der Waals surface area contributed by atoms with E-state index in [1.54, 1.807) is 0 Å². The highest BCUT2D eigenvalue weighted by Crippen LogP contribution is 2.26. The molecule has 3 aromatic rings. The maximum absolute atomic E-state index is 10.1. The third-order valence-corrected chi connectivity index (χ3v) is 3.88. The number of rotatable bonds is 2. The number of aromatic hydroxyl groups is 1. The molecule has 1 heteroatoms. The van der Waals surface area contributed by atoms with Crippen molar-refractivity contribution in [3.8, 4) is 5.75 Å². The first kappa shape index (κ1) is 13.4. The van der Waals surface area contributed by atoms with Gasteiger partial charge >= 0.3 is 0 Å². The van der Waals surface area contributed by atoms with Crippen LogP contribution in [-0.2, 0) is 0 Å². The van der Waals surface area contributed by atoms with E-state index in [2.05, 4.69) is 38.1 Å². The molecule has 0 saturated carbocycles. The lowest BCUT2D eigenvalue weighted by Gasteiger charge is -2.04. The molecular formula is C20H18O. The Bertz CT molecular complexity index is 828. The van der Waals surface area contributed by atoms with Crippen LogP contribution >= 0.6 is 0 Å². The lowest BCUT2D eigenvalue weighted by molar-refractivity contribution is 0.475. The molecule has 0 unspecified atom stereocenters. The lowest BCUT2D eigenvalue weighted by Crippen LogP contribution is -1.82. The van der Waals surface area contributed by atoms with E-state index in [4.69, 9.17) is 0 Å². The van der Waals surface area contributed by atoms with Crippen LogP contribution in [0.3, 0.4) is 0 Å². The zero-order valence-electron chi connectivity index (χ0n) is 12.3. The van der Waals surface area contributed by atoms with Crippen LogP contribution in [0.1, 0.15) is 22.3 Å². The minimum absolute atomic E-state index is 0.314. The van der Waals surface area contributed by atoms with Gasteiger partial charge in [0, 0.05) is 5.56 Å². The summed E-state index contributed by atoms with van der Waals surface area (Å²) in [5.74, 6) is 0.314. The number of phenols is 1. The van der Waals surface area contributed by atoms with Crippen LogP contribution in [-0.4, -0.2) is 5.11 Å². The number of hydrogen-bond acceptors (Lipinski definition) is 1. The van der Waals surface area contributed by atoms with Crippen LogP contribution in [0.4, 0.5) is 0 Å². The van der Waals surface area contributed by atoms with E-state index >= 15 is 0 Å². The average molecular weight is 274 g/mol. The molecule has 0 fully saturated rings. The van der Waals surface area contributed by atoms with Crippen LogP contribution in [0.25, 0.3) is 22.9 Å². The first-order valence-corrected chi connectivity index (χ1v) is 7.10. The number of fused-ring (bicyclic) bond motifs is 1. The fourth-order valence-electron chi connectivity index (χ4n) is 2.43. The number of aryl methyl sites for hydroxylation is 2. The molecule has 3 rings (SSSR count). The van der Waals surface area contributed by atoms with E-state index in [1.807, 2.05) is 42.5 Å². The zero-order valence-corrected chi connectivity index (χ0v) is 12.3. The fraction of sp³-hybridized carbons (Fsp3) is 0.100. The topological polar surface area (TPSA) is 20.2 Å². The summed E-state index contributed by atoms with van der Waals surface area (Å²) in [5, 5.41) is 12.3. The minimum atomic E-state index is 0.314. The fourth-order valence-corrected chi connectivity index (χ4v) is 2.43. The Morgan fingerprint density at radius 3 is 2.19 bits per heavy atom. The summed E-state index contributed by atoms with van der Waals surface area (Å²) in [4.78, 5) is 0. The third kappa shape index (κ3) is 2.82. The summed E-state index contributed by atoms with van der Waals surface area (Å²) in [7, 11) is 0. The van der Waals surface area contributed by atoms with Crippen LogP contribution in [0.15, 0.2) is 54.6 Å². The SMILES string of the molecule is Cc1ccc(C=Cc2cc3ccccc3cc2O)cc1C. The highest BCUT2D eigenvalue weighted by molar-refractivity contribution is 5.88. The molecule has 0 heterocycles. The second-order valence-electron chi connectivity index (χ2n) is 5.44. The van der Waals surface area contributed by atoms with Crippen molar-refractivity contribution in [2.75, 3.05) is 0 Å². The van der Waals surface area contributed by atoms with Gasteiger partial charge < -0.3 is 5.11 Å². The average Bonchev–Trinajstić information content (AvgIpc) is 2.48. The van der Waals surface area contributed by atoms with Gasteiger partial charge in [-0.2, -0.15) is 0 Å². The second kappa shape index (κ2) is 5.45. The largest absolute Gasteiger partial charge is 0.507 e. The summed E-state index contributed by atoms with van der Waals surface area (Å²) >= 11 is 0. The molecule has 0 spiro atoms. The van der Waals surface area contributed by atoms with Gasteiger partial charge in [-0.25, -0.2) is 0 Å². The number of phenolic OH excluding ortho intramolecular Hbond substituents is 1. The van der Waals surface area contributed by atoms with Crippen LogP contribution in [0.5, 0.6) is 5.75 Å². The Morgan fingerprint density at radius 2 is 1.48 bits per heavy atom. The molecule has 0 aliphatic heterocycles. The van der Waals surface area contributed by atoms with Gasteiger partial charge in [0.2, 0.25) is 0 Å². The maximum atomic E-state index is 10.1. The normalized spacial score (nSPS) is 11.3. The summed E-state index contributed by atoms with van der Waals surface area (Å²) in [6, 6.07) is 18.3. The molecule has 0 aliphatic carbocycles. The van der Waals surface area contributed by atoms with E-state index in [9.17, 15) is 5.11 Å². The molecule has 0 aromatic heterocycles. The van der Waals surface area contributed by atoms with Crippen molar-refractivity contribution >= 4 is 22.9 Å². The van der Waals surface area contributed by atoms with E-state index in [-0.39, 0.29) is 0 Å². The Labute approximate surface area is 125 Å². The molecule has 0 atom stereocenters. The summed E-state index contributed by atoms with van der Waals surface area (Å²) in [6.07, 6.45) is 4.00. The van der Waals surface area contributed by atoms with Crippen molar-refractivity contribution < 1.29 is 5.11 Å². The molecule has 0 bridgehead atoms. The van der Waals surface area contributed by atoms with E-state index in [1.165, 1.54) is 11.1 Å². The van der Waals surface area contributed by atoms with E-state index in [0.29, 0.717) is 5.75 Å². The second-order valence-corrected chi connectivity index (χ2v) is 5.44. The molecule has 0 aliphatic rings. The van der Waals surface area contributed by atoms with Gasteiger partial charge in [-0.15, -0.1) is 0 Å². The van der Waals surface area contributed by atoms with Crippen molar-refractivity contribution in [2.45, 2.75) is 13.8 Å². The molecule has 1 nitrogen and oxygen atoms in total. The molecule has 3 aromatic carbocycles. The van der Waals surface area contributed by atoms with Gasteiger partial charge in [-0.05, 0) is 53.4 Å². The highest BCUT2D eigenvalue weighted by atomic mass is 16.3. The van der Waals surface area contributed by atoms with Crippen molar-refractivity contribution in [2.24, 2.45) is 0 Å². The van der Waals surface area contributed by atoms with Gasteiger partial charge in [0.1, 0.15) is 5.75 Å². The first-order valence-electron chi connectivity index (χ1n) is 7.10. The van der Waals surface area contributed by atoms with Gasteiger partial charge in [0.05, 0.1) is 0 Å². The van der Waals surface area contributed by atoms with Crippen LogP contribution < -0.4 is 0 Å². The quantitative estimate of drug-likeness (QED) is 0.626. The standard InChI is InChI=1S/C20H18O/c1-14-7-8-16(11-15(14)2)9-10-19-12-17-5-3-4-6-18(17)13-20(19)21/h3-13,21H,1-2H3. The molecule has 0 radical (unpaired) electrons. The first-order chi connectivity index (χ1) is 10.1. The Kier molecular flexibility index (Phi) is 3.49. The highest BCUT2D eigenvalue weighted by Gasteiger charge is 2.01. The predicted molar refractivity (Wildman–Crippen MR) is 90.5 cm³/mol. The molecular weight excluding hydrogens is 256 g/mol. The maximum Gasteiger partial charge on any atom is 0.123 e. The Balaban J connectivity index is 1.98. The Morgan fingerprint density at radius 1 is 0.762 bits per heavy atom. The zero-order chi connectivity index (χ0) is 14.8. The molecule has 0 saturated heterocycles. The van der Waals surface area contributed by atoms with Gasteiger partial charge in [-0.1, -0.05) is 54.6 Å². The molecule has 104 valence electrons. The molecule has 1 N–H and O–H groups in total. The molecule has 21 heavy (non-hydrogen) atoms. The van der Waals surface area contributed by atoms with Crippen LogP contribution in [0.2, 0.25) is 0 Å². The molecule has 0 amide bonds. The van der Waals surface area contributed by atoms with E-state index < -0.39 is 0 Å². The van der Waals surface area contributed by atoms with Crippen LogP contribution in [0, 0.1) is 13.8 Å². The van der Waals surface area contributed by atoms with Crippen molar-refractivity contribution in [3.63, 3.8) is 0 Å². The van der Waals surface area contributed by atoms with Gasteiger partial charge in [-0.3, -0.25) is 0 Å². The monoisotopic (exact) mass is 274 g/mol. The predicted octanol–water partition coefficient (Wildman–Crippen LogP) is 5.33. The number of benzene rings is 3. The van der Waals surface area contributed by atoms with E-state index in [0.717, 1.165) is 21.9 Å². The lowest BCUT2D eigenvalue weighted by atomic mass is 10.0. The van der Waals surface area contributed by atoms with Crippen molar-refractivity contribution in [1.29, 1.82) is 0 Å². The smallest absolute Gasteiger partial charge is 0.123 e. The van der Waals surface area contributed by atoms with Gasteiger partial charge in [0.15, 0.2) is 0 Å². The summed E-state index contributed by atoms with van der Waals surface area (Å²) in [6.45, 7) is 4.22. The Hall–Kier alpha value is -2.54. The minimum Gasteiger partial charge on any atom is -0.507 e. The van der Waals surface area contributed by atoms with Gasteiger partial charge in [0.25, 0.3) is 0 Å². The van der Waals surface area contributed by atoms with Crippen molar-refractivity contribution in [1.82, 2.24) is 0 Å². The number of hydrogen-bond donors (Lipinski definition) is 1. The third-order valence-electron chi connectivity index (χ3n) is 3.88. The summed E-state index contributed by atoms with van der Waals surface area (Å²) in [5.41, 5.74) is 4.55. The van der Waals surface area contributed by atoms with Crippen molar-refractivity contribution in [3.05, 3.63) is 76.9 Å².